The lowest BCUT2D eigenvalue weighted by molar-refractivity contribution is -0.0177. The summed E-state index contributed by atoms with van der Waals surface area (Å²) >= 11 is 1.77. The van der Waals surface area contributed by atoms with Crippen molar-refractivity contribution in [3.8, 4) is 0 Å². The van der Waals surface area contributed by atoms with Crippen molar-refractivity contribution < 1.29 is 4.74 Å². The Kier molecular flexibility index (Phi) is 4.37. The summed E-state index contributed by atoms with van der Waals surface area (Å²) in [5.74, 6) is 1.00. The van der Waals surface area contributed by atoms with Crippen molar-refractivity contribution in [2.75, 3.05) is 6.61 Å². The van der Waals surface area contributed by atoms with Crippen molar-refractivity contribution >= 4 is 11.3 Å². The SMILES string of the molecule is Cc1nc(C)c(CN[C@H]2CCCO[C@@H]2c2nccn2C)s1. The van der Waals surface area contributed by atoms with E-state index in [1.165, 1.54) is 4.88 Å². The molecule has 0 spiro atoms. The highest BCUT2D eigenvalue weighted by Crippen LogP contribution is 2.28. The zero-order valence-electron chi connectivity index (χ0n) is 12.8. The summed E-state index contributed by atoms with van der Waals surface area (Å²) in [4.78, 5) is 10.3. The molecule has 1 aliphatic heterocycles. The first-order valence-electron chi connectivity index (χ1n) is 7.40. The van der Waals surface area contributed by atoms with Gasteiger partial charge < -0.3 is 14.6 Å². The minimum atomic E-state index is 0.0353. The van der Waals surface area contributed by atoms with Gasteiger partial charge in [-0.05, 0) is 26.7 Å². The third-order valence-corrected chi connectivity index (χ3v) is 5.03. The smallest absolute Gasteiger partial charge is 0.139 e. The summed E-state index contributed by atoms with van der Waals surface area (Å²) in [6, 6.07) is 0.307. The van der Waals surface area contributed by atoms with Crippen LogP contribution in [0, 0.1) is 13.8 Å². The van der Waals surface area contributed by atoms with Crippen LogP contribution in [0.1, 0.15) is 40.3 Å². The molecule has 6 heteroatoms. The number of aromatic nitrogens is 3. The van der Waals surface area contributed by atoms with Gasteiger partial charge in [-0.1, -0.05) is 0 Å². The van der Waals surface area contributed by atoms with E-state index in [2.05, 4.69) is 29.1 Å². The van der Waals surface area contributed by atoms with Gasteiger partial charge in [-0.25, -0.2) is 9.97 Å². The summed E-state index contributed by atoms with van der Waals surface area (Å²) in [5, 5.41) is 4.78. The van der Waals surface area contributed by atoms with Crippen LogP contribution in [0.4, 0.5) is 0 Å². The van der Waals surface area contributed by atoms with Crippen LogP contribution in [0.2, 0.25) is 0 Å². The fraction of sp³-hybridized carbons (Fsp3) is 0.600. The molecule has 0 amide bonds. The van der Waals surface area contributed by atoms with E-state index in [0.717, 1.165) is 42.5 Å². The monoisotopic (exact) mass is 306 g/mol. The Bertz CT molecular complexity index is 607. The highest BCUT2D eigenvalue weighted by molar-refractivity contribution is 7.11. The van der Waals surface area contributed by atoms with Crippen LogP contribution in [0.5, 0.6) is 0 Å². The first-order chi connectivity index (χ1) is 10.1. The van der Waals surface area contributed by atoms with Crippen LogP contribution >= 0.6 is 11.3 Å². The van der Waals surface area contributed by atoms with Gasteiger partial charge in [0.25, 0.3) is 0 Å². The first kappa shape index (κ1) is 14.7. The highest BCUT2D eigenvalue weighted by Gasteiger charge is 2.30. The summed E-state index contributed by atoms with van der Waals surface area (Å²) < 4.78 is 8.03. The van der Waals surface area contributed by atoms with Crippen molar-refractivity contribution in [2.24, 2.45) is 7.05 Å². The van der Waals surface area contributed by atoms with Gasteiger partial charge in [-0.15, -0.1) is 11.3 Å². The number of hydrogen-bond acceptors (Lipinski definition) is 5. The van der Waals surface area contributed by atoms with Gasteiger partial charge in [-0.3, -0.25) is 0 Å². The number of nitrogens with zero attached hydrogens (tertiary/aromatic N) is 3. The predicted molar refractivity (Wildman–Crippen MR) is 83.4 cm³/mol. The minimum absolute atomic E-state index is 0.0353. The molecular weight excluding hydrogens is 284 g/mol. The highest BCUT2D eigenvalue weighted by atomic mass is 32.1. The number of imidazole rings is 1. The normalized spacial score (nSPS) is 22.6. The third-order valence-electron chi connectivity index (χ3n) is 3.96. The van der Waals surface area contributed by atoms with Gasteiger partial charge >= 0.3 is 0 Å². The van der Waals surface area contributed by atoms with E-state index < -0.39 is 0 Å². The molecule has 2 aromatic rings. The maximum absolute atomic E-state index is 5.98. The lowest BCUT2D eigenvalue weighted by atomic mass is 10.0. The van der Waals surface area contributed by atoms with E-state index in [0.29, 0.717) is 6.04 Å². The summed E-state index contributed by atoms with van der Waals surface area (Å²) in [7, 11) is 2.02. The quantitative estimate of drug-likeness (QED) is 0.943. The first-order valence-corrected chi connectivity index (χ1v) is 8.22. The molecule has 114 valence electrons. The molecule has 1 aliphatic rings. The van der Waals surface area contributed by atoms with Gasteiger partial charge in [-0.2, -0.15) is 0 Å². The molecule has 0 aromatic carbocycles. The summed E-state index contributed by atoms with van der Waals surface area (Å²) in [6.45, 7) is 5.80. The molecular formula is C15H22N4OS. The van der Waals surface area contributed by atoms with E-state index in [1.807, 2.05) is 24.0 Å². The molecule has 2 atom stereocenters. The van der Waals surface area contributed by atoms with Crippen LogP contribution in [0.25, 0.3) is 0 Å². The molecule has 0 saturated carbocycles. The number of hydrogen-bond donors (Lipinski definition) is 1. The van der Waals surface area contributed by atoms with Crippen molar-refractivity contribution in [2.45, 2.75) is 45.4 Å². The average Bonchev–Trinajstić information content (AvgIpc) is 3.02. The third kappa shape index (κ3) is 3.17. The Morgan fingerprint density at radius 2 is 2.33 bits per heavy atom. The molecule has 0 unspecified atom stereocenters. The van der Waals surface area contributed by atoms with Crippen LogP contribution in [0.15, 0.2) is 12.4 Å². The van der Waals surface area contributed by atoms with E-state index in [9.17, 15) is 0 Å². The summed E-state index contributed by atoms with van der Waals surface area (Å²) in [6.07, 6.45) is 6.06. The molecule has 1 N–H and O–H groups in total. The van der Waals surface area contributed by atoms with Gasteiger partial charge in [0.15, 0.2) is 0 Å². The second-order valence-electron chi connectivity index (χ2n) is 5.56. The van der Waals surface area contributed by atoms with E-state index in [1.54, 1.807) is 11.3 Å². The molecule has 2 aromatic heterocycles. The van der Waals surface area contributed by atoms with Crippen LogP contribution < -0.4 is 5.32 Å². The molecule has 0 radical (unpaired) electrons. The Labute approximate surface area is 129 Å². The molecule has 0 bridgehead atoms. The molecule has 0 aliphatic carbocycles. The van der Waals surface area contributed by atoms with Gasteiger partial charge in [0.2, 0.25) is 0 Å². The van der Waals surface area contributed by atoms with E-state index in [-0.39, 0.29) is 6.10 Å². The van der Waals surface area contributed by atoms with Crippen molar-refractivity contribution in [1.82, 2.24) is 19.9 Å². The lowest BCUT2D eigenvalue weighted by Gasteiger charge is -2.32. The molecule has 3 heterocycles. The number of ether oxygens (including phenoxy) is 1. The minimum Gasteiger partial charge on any atom is -0.369 e. The largest absolute Gasteiger partial charge is 0.369 e. The van der Waals surface area contributed by atoms with Crippen molar-refractivity contribution in [1.29, 1.82) is 0 Å². The van der Waals surface area contributed by atoms with Gasteiger partial charge in [0, 0.05) is 43.5 Å². The van der Waals surface area contributed by atoms with Crippen LogP contribution in [-0.2, 0) is 18.3 Å². The fourth-order valence-corrected chi connectivity index (χ4v) is 3.75. The maximum Gasteiger partial charge on any atom is 0.139 e. The Balaban J connectivity index is 1.70. The Morgan fingerprint density at radius 1 is 1.48 bits per heavy atom. The van der Waals surface area contributed by atoms with Crippen molar-refractivity contribution in [3.05, 3.63) is 33.8 Å². The molecule has 3 rings (SSSR count). The fourth-order valence-electron chi connectivity index (χ4n) is 2.86. The van der Waals surface area contributed by atoms with Gasteiger partial charge in [0.1, 0.15) is 11.9 Å². The van der Waals surface area contributed by atoms with Crippen molar-refractivity contribution in [3.63, 3.8) is 0 Å². The molecule has 5 nitrogen and oxygen atoms in total. The van der Waals surface area contributed by atoms with Gasteiger partial charge in [0.05, 0.1) is 10.7 Å². The van der Waals surface area contributed by atoms with Crippen LogP contribution in [0.3, 0.4) is 0 Å². The molecule has 1 saturated heterocycles. The zero-order chi connectivity index (χ0) is 14.8. The lowest BCUT2D eigenvalue weighted by Crippen LogP contribution is -2.40. The Morgan fingerprint density at radius 3 is 3.00 bits per heavy atom. The second kappa shape index (κ2) is 6.25. The second-order valence-corrected chi connectivity index (χ2v) is 6.85. The number of thiazole rings is 1. The predicted octanol–water partition coefficient (Wildman–Crippen LogP) is 2.50. The molecule has 1 fully saturated rings. The topological polar surface area (TPSA) is 52.0 Å². The van der Waals surface area contributed by atoms with E-state index >= 15 is 0 Å². The van der Waals surface area contributed by atoms with Crippen LogP contribution in [-0.4, -0.2) is 27.2 Å². The number of nitrogens with one attached hydrogen (secondary N) is 1. The number of aryl methyl sites for hydroxylation is 3. The zero-order valence-corrected chi connectivity index (χ0v) is 13.6. The van der Waals surface area contributed by atoms with E-state index in [4.69, 9.17) is 4.74 Å². The average molecular weight is 306 g/mol. The summed E-state index contributed by atoms with van der Waals surface area (Å²) in [5.41, 5.74) is 1.13. The number of rotatable bonds is 4. The Hall–Kier alpha value is -1.24. The standard InChI is InChI=1S/C15H22N4OS/c1-10-13(21-11(2)18-10)9-17-12-5-4-8-20-14(12)15-16-6-7-19(15)3/h6-7,12,14,17H,4-5,8-9H2,1-3H3/t12-,14-/m0/s1. The molecule has 21 heavy (non-hydrogen) atoms. The maximum atomic E-state index is 5.98.